The maximum Gasteiger partial charge on any atom is 0.225 e. The Morgan fingerprint density at radius 1 is 1.44 bits per heavy atom. The van der Waals surface area contributed by atoms with Crippen LogP contribution in [0.5, 0.6) is 0 Å². The summed E-state index contributed by atoms with van der Waals surface area (Å²) < 4.78 is 0. The van der Waals surface area contributed by atoms with Gasteiger partial charge < -0.3 is 10.6 Å². The second kappa shape index (κ2) is 7.54. The maximum atomic E-state index is 12.1. The van der Waals surface area contributed by atoms with Crippen molar-refractivity contribution in [1.29, 1.82) is 0 Å². The van der Waals surface area contributed by atoms with Crippen LogP contribution < -0.4 is 5.73 Å². The molecule has 4 heteroatoms. The summed E-state index contributed by atoms with van der Waals surface area (Å²) in [6, 6.07) is 2.30. The van der Waals surface area contributed by atoms with E-state index in [9.17, 15) is 4.79 Å². The molecule has 1 aromatic rings. The van der Waals surface area contributed by atoms with Gasteiger partial charge in [0.25, 0.3) is 0 Å². The first kappa shape index (κ1) is 15.2. The van der Waals surface area contributed by atoms with Gasteiger partial charge in [-0.05, 0) is 42.2 Å². The summed E-state index contributed by atoms with van der Waals surface area (Å²) in [5.41, 5.74) is 6.92. The fraction of sp³-hybridized carbons (Fsp3) is 0.643. The van der Waals surface area contributed by atoms with Gasteiger partial charge in [-0.1, -0.05) is 13.3 Å². The van der Waals surface area contributed by atoms with Crippen molar-refractivity contribution in [3.8, 4) is 0 Å². The first-order valence-corrected chi connectivity index (χ1v) is 7.46. The van der Waals surface area contributed by atoms with Crippen molar-refractivity contribution >= 4 is 17.2 Å². The quantitative estimate of drug-likeness (QED) is 0.826. The molecule has 0 saturated carbocycles. The second-order valence-corrected chi connectivity index (χ2v) is 5.92. The average Bonchev–Trinajstić information content (AvgIpc) is 2.80. The zero-order valence-corrected chi connectivity index (χ0v) is 12.4. The van der Waals surface area contributed by atoms with E-state index < -0.39 is 0 Å². The largest absolute Gasteiger partial charge is 0.341 e. The smallest absolute Gasteiger partial charge is 0.225 e. The molecular weight excluding hydrogens is 244 g/mol. The van der Waals surface area contributed by atoms with Gasteiger partial charge in [-0.2, -0.15) is 11.3 Å². The number of thiophene rings is 1. The third kappa shape index (κ3) is 5.19. The molecule has 2 atom stereocenters. The van der Waals surface area contributed by atoms with E-state index in [0.29, 0.717) is 6.54 Å². The van der Waals surface area contributed by atoms with Gasteiger partial charge in [0, 0.05) is 25.6 Å². The van der Waals surface area contributed by atoms with Crippen LogP contribution in [-0.2, 0) is 11.3 Å². The highest BCUT2D eigenvalue weighted by molar-refractivity contribution is 7.07. The second-order valence-electron chi connectivity index (χ2n) is 5.14. The zero-order chi connectivity index (χ0) is 13.5. The molecule has 1 amide bonds. The van der Waals surface area contributed by atoms with E-state index in [2.05, 4.69) is 11.4 Å². The van der Waals surface area contributed by atoms with Crippen LogP contribution in [0.25, 0.3) is 0 Å². The van der Waals surface area contributed by atoms with E-state index >= 15 is 0 Å². The molecule has 1 aromatic heterocycles. The summed E-state index contributed by atoms with van der Waals surface area (Å²) in [6.45, 7) is 4.72. The molecule has 0 aliphatic carbocycles. The Bertz CT molecular complexity index is 349. The summed E-state index contributed by atoms with van der Waals surface area (Å²) in [4.78, 5) is 14.0. The van der Waals surface area contributed by atoms with Crippen LogP contribution in [0.15, 0.2) is 16.8 Å². The van der Waals surface area contributed by atoms with Gasteiger partial charge in [0.15, 0.2) is 0 Å². The summed E-state index contributed by atoms with van der Waals surface area (Å²) in [5, 5.41) is 4.13. The normalized spacial score (nSPS) is 14.2. The van der Waals surface area contributed by atoms with E-state index in [1.54, 1.807) is 11.3 Å². The molecule has 102 valence electrons. The predicted octanol–water partition coefficient (Wildman–Crippen LogP) is 2.86. The van der Waals surface area contributed by atoms with Gasteiger partial charge in [0.1, 0.15) is 0 Å². The number of rotatable bonds is 7. The number of carbonyl (C=O) groups excluding carboxylic acids is 1. The highest BCUT2D eigenvalue weighted by atomic mass is 32.1. The summed E-state index contributed by atoms with van der Waals surface area (Å²) >= 11 is 1.67. The number of hydrogen-bond acceptors (Lipinski definition) is 3. The molecule has 1 heterocycles. The fourth-order valence-electron chi connectivity index (χ4n) is 1.98. The summed E-state index contributed by atoms with van der Waals surface area (Å²) in [7, 11) is 1.88. The van der Waals surface area contributed by atoms with Crippen LogP contribution >= 0.6 is 11.3 Å². The van der Waals surface area contributed by atoms with Crippen molar-refractivity contribution < 1.29 is 4.79 Å². The van der Waals surface area contributed by atoms with Crippen molar-refractivity contribution in [2.24, 2.45) is 11.7 Å². The van der Waals surface area contributed by atoms with E-state index in [-0.39, 0.29) is 17.9 Å². The van der Waals surface area contributed by atoms with Gasteiger partial charge in [-0.3, -0.25) is 4.79 Å². The van der Waals surface area contributed by atoms with Crippen LogP contribution in [0.1, 0.15) is 38.7 Å². The Kier molecular flexibility index (Phi) is 6.36. The van der Waals surface area contributed by atoms with E-state index in [1.165, 1.54) is 5.56 Å². The molecule has 1 rings (SSSR count). The molecule has 0 spiro atoms. The van der Waals surface area contributed by atoms with Gasteiger partial charge >= 0.3 is 0 Å². The van der Waals surface area contributed by atoms with Crippen molar-refractivity contribution in [3.63, 3.8) is 0 Å². The van der Waals surface area contributed by atoms with Gasteiger partial charge in [-0.25, -0.2) is 0 Å². The summed E-state index contributed by atoms with van der Waals surface area (Å²) in [5.74, 6) is 0.318. The number of hydrogen-bond donors (Lipinski definition) is 1. The minimum absolute atomic E-state index is 0.0902. The lowest BCUT2D eigenvalue weighted by Crippen LogP contribution is -2.31. The molecule has 18 heavy (non-hydrogen) atoms. The topological polar surface area (TPSA) is 46.3 Å². The molecule has 0 bridgehead atoms. The zero-order valence-electron chi connectivity index (χ0n) is 11.6. The molecule has 3 nitrogen and oxygen atoms in total. The minimum atomic E-state index is 0.0902. The van der Waals surface area contributed by atoms with Crippen LogP contribution in [0, 0.1) is 5.92 Å². The molecule has 0 aliphatic rings. The van der Waals surface area contributed by atoms with Crippen LogP contribution in [-0.4, -0.2) is 23.9 Å². The van der Waals surface area contributed by atoms with Crippen LogP contribution in [0.4, 0.5) is 0 Å². The number of carbonyl (C=O) groups is 1. The highest BCUT2D eigenvalue weighted by Crippen LogP contribution is 2.14. The molecule has 2 N–H and O–H groups in total. The Balaban J connectivity index is 2.33. The molecule has 2 unspecified atom stereocenters. The Labute approximate surface area is 114 Å². The van der Waals surface area contributed by atoms with Gasteiger partial charge in [0.05, 0.1) is 0 Å². The molecule has 0 aliphatic heterocycles. The third-order valence-corrected chi connectivity index (χ3v) is 3.83. The summed E-state index contributed by atoms with van der Waals surface area (Å²) in [6.07, 6.45) is 2.94. The first-order chi connectivity index (χ1) is 8.50. The Hall–Kier alpha value is -0.870. The lowest BCUT2D eigenvalue weighted by molar-refractivity contribution is -0.134. The van der Waals surface area contributed by atoms with E-state index in [4.69, 9.17) is 5.73 Å². The molecule has 0 saturated heterocycles. The molecule has 0 radical (unpaired) electrons. The third-order valence-electron chi connectivity index (χ3n) is 3.09. The van der Waals surface area contributed by atoms with Crippen molar-refractivity contribution in [2.45, 2.75) is 45.7 Å². The molecule has 0 fully saturated rings. The van der Waals surface area contributed by atoms with E-state index in [0.717, 1.165) is 19.3 Å². The van der Waals surface area contributed by atoms with Crippen LogP contribution in [0.2, 0.25) is 0 Å². The highest BCUT2D eigenvalue weighted by Gasteiger charge is 2.17. The van der Waals surface area contributed by atoms with E-state index in [1.807, 2.05) is 31.2 Å². The number of nitrogens with two attached hydrogens (primary N) is 1. The maximum absolute atomic E-state index is 12.1. The van der Waals surface area contributed by atoms with Crippen molar-refractivity contribution in [1.82, 2.24) is 4.90 Å². The standard InChI is InChI=1S/C14H24N2OS/c1-11(5-4-6-12(2)15)14(17)16(3)9-13-7-8-18-10-13/h7-8,10-12H,4-6,9,15H2,1-3H3. The lowest BCUT2D eigenvalue weighted by atomic mass is 10.0. The van der Waals surface area contributed by atoms with Crippen molar-refractivity contribution in [2.75, 3.05) is 7.05 Å². The molecule has 0 aromatic carbocycles. The number of nitrogens with zero attached hydrogens (tertiary/aromatic N) is 1. The SMILES string of the molecule is CC(N)CCCC(C)C(=O)N(C)Cc1ccsc1. The first-order valence-electron chi connectivity index (χ1n) is 6.52. The fourth-order valence-corrected chi connectivity index (χ4v) is 2.64. The van der Waals surface area contributed by atoms with Gasteiger partial charge in [-0.15, -0.1) is 0 Å². The minimum Gasteiger partial charge on any atom is -0.341 e. The van der Waals surface area contributed by atoms with Gasteiger partial charge in [0.2, 0.25) is 5.91 Å². The van der Waals surface area contributed by atoms with Crippen LogP contribution in [0.3, 0.4) is 0 Å². The van der Waals surface area contributed by atoms with Crippen molar-refractivity contribution in [3.05, 3.63) is 22.4 Å². The number of amides is 1. The average molecular weight is 268 g/mol. The Morgan fingerprint density at radius 3 is 2.72 bits per heavy atom. The monoisotopic (exact) mass is 268 g/mol. The lowest BCUT2D eigenvalue weighted by Gasteiger charge is -2.21. The Morgan fingerprint density at radius 2 is 2.17 bits per heavy atom. The predicted molar refractivity (Wildman–Crippen MR) is 77.5 cm³/mol. The molecular formula is C14H24N2OS.